The summed E-state index contributed by atoms with van der Waals surface area (Å²) in [5.41, 5.74) is 0.438. The molecule has 0 saturated heterocycles. The van der Waals surface area contributed by atoms with E-state index in [1.54, 1.807) is 0 Å². The molecule has 0 bridgehead atoms. The maximum Gasteiger partial charge on any atom is 0.337 e. The number of methoxy groups -OCH3 is 1. The van der Waals surface area contributed by atoms with E-state index in [4.69, 9.17) is 9.84 Å². The summed E-state index contributed by atoms with van der Waals surface area (Å²) in [6.07, 6.45) is 3.18. The van der Waals surface area contributed by atoms with Gasteiger partial charge in [0.2, 0.25) is 0 Å². The van der Waals surface area contributed by atoms with Crippen LogP contribution >= 0.6 is 0 Å². The second-order valence-electron chi connectivity index (χ2n) is 2.13. The molecule has 0 spiro atoms. The lowest BCUT2D eigenvalue weighted by atomic mass is 10.2. The molecule has 64 valence electrons. The van der Waals surface area contributed by atoms with Crippen molar-refractivity contribution in [3.05, 3.63) is 24.3 Å². The summed E-state index contributed by atoms with van der Waals surface area (Å²) >= 11 is 0. The largest absolute Gasteiger partial charge is 0.479 e. The predicted molar refractivity (Wildman–Crippen MR) is 39.4 cm³/mol. The summed E-state index contributed by atoms with van der Waals surface area (Å²) in [5.74, 6) is -1.05. The molecular weight excluding hydrogens is 160 g/mol. The molecule has 1 heterocycles. The lowest BCUT2D eigenvalue weighted by Crippen LogP contribution is -2.13. The first-order chi connectivity index (χ1) is 5.75. The summed E-state index contributed by atoms with van der Waals surface area (Å²) in [4.78, 5) is 17.9. The molecule has 1 unspecified atom stereocenters. The summed E-state index contributed by atoms with van der Waals surface area (Å²) in [6.45, 7) is 0. The number of rotatable bonds is 3. The Balaban J connectivity index is 2.88. The Morgan fingerprint density at radius 3 is 2.58 bits per heavy atom. The van der Waals surface area contributed by atoms with E-state index >= 15 is 0 Å². The van der Waals surface area contributed by atoms with Gasteiger partial charge in [0.25, 0.3) is 0 Å². The fourth-order valence-electron chi connectivity index (χ4n) is 0.825. The van der Waals surface area contributed by atoms with Crippen LogP contribution in [0.4, 0.5) is 0 Å². The molecule has 0 aliphatic rings. The number of carbonyl (C=O) groups is 1. The number of nitrogens with zero attached hydrogens (tertiary/aromatic N) is 2. The average molecular weight is 168 g/mol. The Morgan fingerprint density at radius 1 is 1.58 bits per heavy atom. The highest BCUT2D eigenvalue weighted by atomic mass is 16.5. The third-order valence-corrected chi connectivity index (χ3v) is 1.34. The van der Waals surface area contributed by atoms with Gasteiger partial charge in [-0.2, -0.15) is 0 Å². The van der Waals surface area contributed by atoms with Crippen molar-refractivity contribution < 1.29 is 14.6 Å². The number of hydrogen-bond donors (Lipinski definition) is 1. The van der Waals surface area contributed by atoms with Gasteiger partial charge in [0.15, 0.2) is 6.10 Å². The van der Waals surface area contributed by atoms with E-state index in [-0.39, 0.29) is 0 Å². The highest BCUT2D eigenvalue weighted by Gasteiger charge is 2.18. The standard InChI is InChI=1S/C7H8N2O3/c1-12-6(7(10)11)5-2-8-4-9-3-5/h2-4,6H,1H3,(H,10,11). The van der Waals surface area contributed by atoms with Gasteiger partial charge >= 0.3 is 5.97 Å². The topological polar surface area (TPSA) is 72.3 Å². The van der Waals surface area contributed by atoms with Crippen molar-refractivity contribution in [2.45, 2.75) is 6.10 Å². The van der Waals surface area contributed by atoms with Crippen LogP contribution < -0.4 is 0 Å². The summed E-state index contributed by atoms with van der Waals surface area (Å²) in [6, 6.07) is 0. The maximum absolute atomic E-state index is 10.6. The van der Waals surface area contributed by atoms with Crippen molar-refractivity contribution in [1.29, 1.82) is 0 Å². The van der Waals surface area contributed by atoms with Crippen molar-refractivity contribution in [2.75, 3.05) is 7.11 Å². The molecule has 0 fully saturated rings. The van der Waals surface area contributed by atoms with Gasteiger partial charge in [-0.3, -0.25) is 0 Å². The zero-order chi connectivity index (χ0) is 8.97. The molecule has 5 heteroatoms. The van der Waals surface area contributed by atoms with Gasteiger partial charge in [0.05, 0.1) is 0 Å². The van der Waals surface area contributed by atoms with Gasteiger partial charge in [-0.25, -0.2) is 14.8 Å². The summed E-state index contributed by atoms with van der Waals surface area (Å²) in [7, 11) is 1.33. The van der Waals surface area contributed by atoms with E-state index in [9.17, 15) is 4.79 Å². The highest BCUT2D eigenvalue weighted by molar-refractivity contribution is 5.74. The molecule has 0 saturated carbocycles. The Bertz CT molecular complexity index is 263. The number of aliphatic carboxylic acids is 1. The number of ether oxygens (including phenoxy) is 1. The molecule has 0 aromatic carbocycles. The van der Waals surface area contributed by atoms with E-state index in [2.05, 4.69) is 9.97 Å². The van der Waals surface area contributed by atoms with Gasteiger partial charge in [-0.1, -0.05) is 0 Å². The second kappa shape index (κ2) is 3.77. The molecule has 0 aliphatic carbocycles. The number of carboxylic acid groups (broad SMARTS) is 1. The lowest BCUT2D eigenvalue weighted by molar-refractivity contribution is -0.148. The van der Waals surface area contributed by atoms with Crippen molar-refractivity contribution in [3.63, 3.8) is 0 Å². The smallest absolute Gasteiger partial charge is 0.337 e. The van der Waals surface area contributed by atoms with Crippen LogP contribution in [0.3, 0.4) is 0 Å². The van der Waals surface area contributed by atoms with Crippen LogP contribution in [0.2, 0.25) is 0 Å². The molecule has 1 atom stereocenters. The van der Waals surface area contributed by atoms with Crippen LogP contribution in [-0.2, 0) is 9.53 Å². The van der Waals surface area contributed by atoms with Crippen molar-refractivity contribution in [3.8, 4) is 0 Å². The normalized spacial score (nSPS) is 12.4. The van der Waals surface area contributed by atoms with Crippen LogP contribution in [0.5, 0.6) is 0 Å². The highest BCUT2D eigenvalue weighted by Crippen LogP contribution is 2.13. The number of aromatic nitrogens is 2. The van der Waals surface area contributed by atoms with Gasteiger partial charge in [-0.05, 0) is 0 Å². The van der Waals surface area contributed by atoms with Crippen LogP contribution in [0, 0.1) is 0 Å². The van der Waals surface area contributed by atoms with Crippen LogP contribution in [0.15, 0.2) is 18.7 Å². The Morgan fingerprint density at radius 2 is 2.17 bits per heavy atom. The van der Waals surface area contributed by atoms with E-state index in [1.165, 1.54) is 25.8 Å². The van der Waals surface area contributed by atoms with Gasteiger partial charge in [0, 0.05) is 25.1 Å². The predicted octanol–water partition coefficient (Wildman–Crippen LogP) is 0.249. The van der Waals surface area contributed by atoms with Gasteiger partial charge in [-0.15, -0.1) is 0 Å². The molecule has 5 nitrogen and oxygen atoms in total. The van der Waals surface area contributed by atoms with Crippen molar-refractivity contribution >= 4 is 5.97 Å². The second-order valence-corrected chi connectivity index (χ2v) is 2.13. The minimum absolute atomic E-state index is 0.438. The van der Waals surface area contributed by atoms with E-state index in [1.807, 2.05) is 0 Å². The summed E-state index contributed by atoms with van der Waals surface area (Å²) < 4.78 is 4.72. The van der Waals surface area contributed by atoms with Crippen LogP contribution in [-0.4, -0.2) is 28.2 Å². The fourth-order valence-corrected chi connectivity index (χ4v) is 0.825. The van der Waals surface area contributed by atoms with Crippen molar-refractivity contribution in [1.82, 2.24) is 9.97 Å². The third kappa shape index (κ3) is 1.76. The molecule has 1 N–H and O–H groups in total. The van der Waals surface area contributed by atoms with Crippen LogP contribution in [0.1, 0.15) is 11.7 Å². The monoisotopic (exact) mass is 168 g/mol. The number of carboxylic acids is 1. The molecular formula is C7H8N2O3. The number of hydrogen-bond acceptors (Lipinski definition) is 4. The molecule has 0 radical (unpaired) electrons. The SMILES string of the molecule is COC(C(=O)O)c1cncnc1. The van der Waals surface area contributed by atoms with E-state index in [0.717, 1.165) is 0 Å². The lowest BCUT2D eigenvalue weighted by Gasteiger charge is -2.08. The first kappa shape index (κ1) is 8.61. The Hall–Kier alpha value is -1.49. The maximum atomic E-state index is 10.6. The third-order valence-electron chi connectivity index (χ3n) is 1.34. The minimum atomic E-state index is -1.05. The Kier molecular flexibility index (Phi) is 2.71. The molecule has 1 aromatic heterocycles. The molecule has 0 amide bonds. The van der Waals surface area contributed by atoms with Gasteiger partial charge < -0.3 is 9.84 Å². The fraction of sp³-hybridized carbons (Fsp3) is 0.286. The van der Waals surface area contributed by atoms with Crippen molar-refractivity contribution in [2.24, 2.45) is 0 Å². The quantitative estimate of drug-likeness (QED) is 0.700. The van der Waals surface area contributed by atoms with E-state index in [0.29, 0.717) is 5.56 Å². The minimum Gasteiger partial charge on any atom is -0.479 e. The average Bonchev–Trinajstić information content (AvgIpc) is 2.07. The van der Waals surface area contributed by atoms with Crippen LogP contribution in [0.25, 0.3) is 0 Å². The summed E-state index contributed by atoms with van der Waals surface area (Å²) in [5, 5.41) is 8.65. The van der Waals surface area contributed by atoms with E-state index < -0.39 is 12.1 Å². The molecule has 12 heavy (non-hydrogen) atoms. The van der Waals surface area contributed by atoms with Gasteiger partial charge in [0.1, 0.15) is 6.33 Å². The zero-order valence-electron chi connectivity index (χ0n) is 6.47. The molecule has 1 aromatic rings. The Labute approximate surface area is 69.0 Å². The first-order valence-corrected chi connectivity index (χ1v) is 3.26. The first-order valence-electron chi connectivity index (χ1n) is 3.26. The molecule has 1 rings (SSSR count). The zero-order valence-corrected chi connectivity index (χ0v) is 6.47. The molecule has 0 aliphatic heterocycles.